The van der Waals surface area contributed by atoms with Crippen LogP contribution in [0.15, 0.2) is 21.2 Å². The number of piperidine rings is 1. The van der Waals surface area contributed by atoms with Gasteiger partial charge in [-0.05, 0) is 26.7 Å². The van der Waals surface area contributed by atoms with Gasteiger partial charge in [0, 0.05) is 39.8 Å². The fourth-order valence-electron chi connectivity index (χ4n) is 3.60. The van der Waals surface area contributed by atoms with Crippen molar-refractivity contribution in [2.24, 2.45) is 19.8 Å². The van der Waals surface area contributed by atoms with E-state index in [2.05, 4.69) is 10.3 Å². The van der Waals surface area contributed by atoms with Gasteiger partial charge in [-0.25, -0.2) is 9.59 Å². The van der Waals surface area contributed by atoms with E-state index in [-0.39, 0.29) is 11.6 Å². The lowest BCUT2D eigenvalue weighted by atomic mass is 10.1. The Morgan fingerprint density at radius 3 is 2.64 bits per heavy atom. The summed E-state index contributed by atoms with van der Waals surface area (Å²) in [6.45, 7) is 5.71. The lowest BCUT2D eigenvalue weighted by Gasteiger charge is -2.33. The molecule has 0 saturated carbocycles. The van der Waals surface area contributed by atoms with E-state index in [0.717, 1.165) is 29.5 Å². The normalized spacial score (nSPS) is 17.0. The maximum atomic E-state index is 12.8. The van der Waals surface area contributed by atoms with Gasteiger partial charge in [0.15, 0.2) is 11.2 Å². The molecular formula is C18H27N7O3. The van der Waals surface area contributed by atoms with Crippen molar-refractivity contribution < 1.29 is 4.79 Å². The number of nitrogens with zero attached hydrogens (tertiary/aromatic N) is 5. The Bertz CT molecular complexity index is 1060. The van der Waals surface area contributed by atoms with Crippen molar-refractivity contribution in [1.82, 2.24) is 24.0 Å². The first-order chi connectivity index (χ1) is 13.2. The third-order valence-electron chi connectivity index (χ3n) is 5.06. The van der Waals surface area contributed by atoms with E-state index >= 15 is 0 Å². The van der Waals surface area contributed by atoms with Crippen molar-refractivity contribution >= 4 is 23.1 Å². The van der Waals surface area contributed by atoms with Gasteiger partial charge in [0.05, 0.1) is 0 Å². The molecule has 10 nitrogen and oxygen atoms in total. The van der Waals surface area contributed by atoms with Crippen molar-refractivity contribution in [3.63, 3.8) is 0 Å². The lowest BCUT2D eigenvalue weighted by Crippen LogP contribution is -2.50. The molecule has 2 aromatic rings. The van der Waals surface area contributed by atoms with Gasteiger partial charge in [-0.15, -0.1) is 0 Å². The van der Waals surface area contributed by atoms with Crippen LogP contribution in [0, 0.1) is 0 Å². The number of nitrogens with two attached hydrogens (primary N) is 1. The van der Waals surface area contributed by atoms with Crippen LogP contribution >= 0.6 is 0 Å². The number of fused-ring (bicyclic) bond motifs is 1. The number of nitrogens with one attached hydrogen (secondary N) is 1. The van der Waals surface area contributed by atoms with Crippen molar-refractivity contribution in [3.8, 4) is 0 Å². The van der Waals surface area contributed by atoms with E-state index in [9.17, 15) is 14.4 Å². The van der Waals surface area contributed by atoms with Gasteiger partial charge in [-0.2, -0.15) is 4.98 Å². The summed E-state index contributed by atoms with van der Waals surface area (Å²) in [6, 6.07) is -0.643. The summed E-state index contributed by atoms with van der Waals surface area (Å²) in [5.74, 6) is 0.613. The number of primary amides is 1. The third-order valence-corrected chi connectivity index (χ3v) is 5.06. The van der Waals surface area contributed by atoms with Crippen molar-refractivity contribution in [3.05, 3.63) is 32.5 Å². The molecule has 0 bridgehead atoms. The first kappa shape index (κ1) is 19.7. The maximum absolute atomic E-state index is 12.8. The average molecular weight is 389 g/mol. The molecule has 1 aliphatic heterocycles. The zero-order valence-corrected chi connectivity index (χ0v) is 16.7. The zero-order valence-electron chi connectivity index (χ0n) is 16.7. The number of hydrogen-bond acceptors (Lipinski definition) is 5. The minimum Gasteiger partial charge on any atom is -0.352 e. The van der Waals surface area contributed by atoms with Gasteiger partial charge in [0.2, 0.25) is 5.95 Å². The molecule has 152 valence electrons. The number of allylic oxidation sites excluding steroid dienone is 2. The van der Waals surface area contributed by atoms with Gasteiger partial charge in [-0.1, -0.05) is 11.6 Å². The fraction of sp³-hybridized carbons (Fsp3) is 0.556. The second-order valence-corrected chi connectivity index (χ2v) is 7.48. The molecule has 28 heavy (non-hydrogen) atoms. The van der Waals surface area contributed by atoms with E-state index in [0.29, 0.717) is 30.2 Å². The van der Waals surface area contributed by atoms with Crippen LogP contribution in [0.1, 0.15) is 26.7 Å². The van der Waals surface area contributed by atoms with Gasteiger partial charge >= 0.3 is 11.7 Å². The summed E-state index contributed by atoms with van der Waals surface area (Å²) in [5.41, 5.74) is 6.35. The summed E-state index contributed by atoms with van der Waals surface area (Å²) in [4.78, 5) is 43.1. The number of anilines is 1. The molecule has 3 heterocycles. The van der Waals surface area contributed by atoms with Crippen LogP contribution < -0.4 is 27.2 Å². The summed E-state index contributed by atoms with van der Waals surface area (Å²) < 4.78 is 4.33. The Morgan fingerprint density at radius 1 is 1.29 bits per heavy atom. The van der Waals surface area contributed by atoms with Crippen LogP contribution in [0.5, 0.6) is 0 Å². The highest BCUT2D eigenvalue weighted by molar-refractivity contribution is 5.75. The lowest BCUT2D eigenvalue weighted by molar-refractivity contribution is 0.243. The topological polar surface area (TPSA) is 120 Å². The predicted molar refractivity (Wildman–Crippen MR) is 108 cm³/mol. The van der Waals surface area contributed by atoms with Crippen LogP contribution in [0.2, 0.25) is 0 Å². The average Bonchev–Trinajstić information content (AvgIpc) is 3.02. The quantitative estimate of drug-likeness (QED) is 0.715. The van der Waals surface area contributed by atoms with Crippen molar-refractivity contribution in [2.75, 3.05) is 18.0 Å². The second kappa shape index (κ2) is 7.53. The SMILES string of the molecule is CC(C)=CCn1c(N2CCCC(NC(N)=O)C2)nc2c1c(=O)n(C)c(=O)n2C. The van der Waals surface area contributed by atoms with Gasteiger partial charge < -0.3 is 20.5 Å². The van der Waals surface area contributed by atoms with Gasteiger partial charge in [0.25, 0.3) is 5.56 Å². The Kier molecular flexibility index (Phi) is 5.30. The molecule has 0 spiro atoms. The van der Waals surface area contributed by atoms with E-state index < -0.39 is 11.7 Å². The van der Waals surface area contributed by atoms with Gasteiger partial charge in [-0.3, -0.25) is 13.9 Å². The van der Waals surface area contributed by atoms with Crippen molar-refractivity contribution in [1.29, 1.82) is 0 Å². The monoisotopic (exact) mass is 389 g/mol. The summed E-state index contributed by atoms with van der Waals surface area (Å²) >= 11 is 0. The van der Waals surface area contributed by atoms with E-state index in [1.165, 1.54) is 11.6 Å². The second-order valence-electron chi connectivity index (χ2n) is 7.48. The van der Waals surface area contributed by atoms with Crippen molar-refractivity contribution in [2.45, 2.75) is 39.3 Å². The molecule has 1 aliphatic rings. The Hall–Kier alpha value is -3.04. The summed E-state index contributed by atoms with van der Waals surface area (Å²) in [7, 11) is 3.08. The number of urea groups is 1. The third kappa shape index (κ3) is 3.54. The molecule has 0 aromatic carbocycles. The first-order valence-electron chi connectivity index (χ1n) is 9.31. The molecule has 2 aromatic heterocycles. The standard InChI is InChI=1S/C18H27N7O3/c1-11(2)7-9-25-13-14(22(3)18(28)23(4)15(13)26)21-17(25)24-8-5-6-12(10-24)20-16(19)27/h7,12H,5-6,8-10H2,1-4H3,(H3,19,20,27). The summed E-state index contributed by atoms with van der Waals surface area (Å²) in [5, 5.41) is 2.75. The Morgan fingerprint density at radius 2 is 2.00 bits per heavy atom. The Balaban J connectivity index is 2.17. The smallest absolute Gasteiger partial charge is 0.332 e. The first-order valence-corrected chi connectivity index (χ1v) is 9.31. The number of aromatic nitrogens is 4. The molecule has 0 radical (unpaired) electrons. The van der Waals surface area contributed by atoms with Crippen LogP contribution in [0.4, 0.5) is 10.7 Å². The minimum absolute atomic E-state index is 0.0883. The molecule has 1 saturated heterocycles. The number of rotatable bonds is 4. The fourth-order valence-corrected chi connectivity index (χ4v) is 3.60. The number of hydrogen-bond donors (Lipinski definition) is 2. The number of imidazole rings is 1. The van der Waals surface area contributed by atoms with Gasteiger partial charge in [0.1, 0.15) is 0 Å². The molecule has 3 N–H and O–H groups in total. The number of amides is 2. The number of aryl methyl sites for hydroxylation is 1. The van der Waals surface area contributed by atoms with E-state index in [4.69, 9.17) is 5.73 Å². The van der Waals surface area contributed by atoms with Crippen LogP contribution in [0.25, 0.3) is 11.2 Å². The van der Waals surface area contributed by atoms with E-state index in [1.807, 2.05) is 29.4 Å². The molecule has 10 heteroatoms. The van der Waals surface area contributed by atoms with Crippen LogP contribution in [-0.2, 0) is 20.6 Å². The highest BCUT2D eigenvalue weighted by Crippen LogP contribution is 2.23. The molecule has 1 unspecified atom stereocenters. The Labute approximate surface area is 162 Å². The predicted octanol–water partition coefficient (Wildman–Crippen LogP) is 0.0370. The highest BCUT2D eigenvalue weighted by Gasteiger charge is 2.27. The number of carbonyl (C=O) groups is 1. The molecule has 0 aliphatic carbocycles. The highest BCUT2D eigenvalue weighted by atomic mass is 16.2. The molecular weight excluding hydrogens is 362 g/mol. The maximum Gasteiger partial charge on any atom is 0.332 e. The minimum atomic E-state index is -0.554. The molecule has 2 amide bonds. The zero-order chi connectivity index (χ0) is 20.6. The molecule has 3 rings (SSSR count). The van der Waals surface area contributed by atoms with E-state index in [1.54, 1.807) is 7.05 Å². The largest absolute Gasteiger partial charge is 0.352 e. The number of carbonyl (C=O) groups excluding carboxylic acids is 1. The van der Waals surface area contributed by atoms with Crippen LogP contribution in [0.3, 0.4) is 0 Å². The summed E-state index contributed by atoms with van der Waals surface area (Å²) in [6.07, 6.45) is 3.69. The molecule has 1 fully saturated rings. The van der Waals surface area contributed by atoms with Crippen LogP contribution in [-0.4, -0.2) is 43.8 Å². The molecule has 1 atom stereocenters.